The van der Waals surface area contributed by atoms with Crippen molar-refractivity contribution in [1.29, 1.82) is 0 Å². The second-order valence-corrected chi connectivity index (χ2v) is 18.9. The first-order chi connectivity index (χ1) is 30.5. The summed E-state index contributed by atoms with van der Waals surface area (Å²) in [6.07, 6.45) is 57.7. The lowest BCUT2D eigenvalue weighted by atomic mass is 10.0. The molecule has 0 saturated heterocycles. The molecule has 0 amide bonds. The van der Waals surface area contributed by atoms with E-state index in [9.17, 15) is 14.4 Å². The number of allylic oxidation sites excluding steroid dienone is 2. The summed E-state index contributed by atoms with van der Waals surface area (Å²) in [6.45, 7) is 6.67. The Morgan fingerprint density at radius 3 is 0.806 bits per heavy atom. The topological polar surface area (TPSA) is 78.9 Å². The number of carbonyl (C=O) groups is 3. The molecule has 0 aliphatic rings. The van der Waals surface area contributed by atoms with Crippen LogP contribution >= 0.6 is 0 Å². The first-order valence-electron chi connectivity index (χ1n) is 27.7. The quantitative estimate of drug-likeness (QED) is 0.0262. The molecule has 0 bridgehead atoms. The van der Waals surface area contributed by atoms with Gasteiger partial charge in [0.2, 0.25) is 0 Å². The highest BCUT2D eigenvalue weighted by atomic mass is 16.6. The number of rotatable bonds is 51. The highest BCUT2D eigenvalue weighted by Gasteiger charge is 2.19. The van der Waals surface area contributed by atoms with Gasteiger partial charge in [-0.2, -0.15) is 0 Å². The lowest BCUT2D eigenvalue weighted by molar-refractivity contribution is -0.167. The lowest BCUT2D eigenvalue weighted by Gasteiger charge is -2.18. The van der Waals surface area contributed by atoms with E-state index >= 15 is 0 Å². The molecule has 366 valence electrons. The summed E-state index contributed by atoms with van der Waals surface area (Å²) >= 11 is 0. The molecule has 0 unspecified atom stereocenters. The summed E-state index contributed by atoms with van der Waals surface area (Å²) in [5.74, 6) is -0.847. The summed E-state index contributed by atoms with van der Waals surface area (Å²) < 4.78 is 16.8. The van der Waals surface area contributed by atoms with Crippen LogP contribution in [0.3, 0.4) is 0 Å². The first kappa shape index (κ1) is 60.2. The van der Waals surface area contributed by atoms with Crippen LogP contribution in [0, 0.1) is 0 Å². The van der Waals surface area contributed by atoms with Crippen molar-refractivity contribution < 1.29 is 28.6 Å². The maximum atomic E-state index is 12.8. The second kappa shape index (κ2) is 51.8. The zero-order valence-electron chi connectivity index (χ0n) is 41.9. The Morgan fingerprint density at radius 2 is 0.532 bits per heavy atom. The lowest BCUT2D eigenvalue weighted by Crippen LogP contribution is -2.30. The van der Waals surface area contributed by atoms with E-state index in [1.54, 1.807) is 0 Å². The Morgan fingerprint density at radius 1 is 0.306 bits per heavy atom. The highest BCUT2D eigenvalue weighted by Crippen LogP contribution is 2.17. The predicted octanol–water partition coefficient (Wildman–Crippen LogP) is 18.2. The van der Waals surface area contributed by atoms with Crippen LogP contribution in [0.1, 0.15) is 310 Å². The Labute approximate surface area is 386 Å². The van der Waals surface area contributed by atoms with Crippen molar-refractivity contribution in [3.63, 3.8) is 0 Å². The van der Waals surface area contributed by atoms with Crippen molar-refractivity contribution >= 4 is 17.9 Å². The SMILES string of the molecule is CCCCCCCC/C=C\CCCCCCCCCCCCCC(=O)OC[C@H](COC(=O)CCCCCCCCCCCCCC)OC(=O)CCCCCCCCCCCCC. The van der Waals surface area contributed by atoms with E-state index in [1.807, 2.05) is 0 Å². The van der Waals surface area contributed by atoms with Gasteiger partial charge in [0, 0.05) is 19.3 Å². The Kier molecular flexibility index (Phi) is 50.2. The molecular weight excluding hydrogens is 769 g/mol. The van der Waals surface area contributed by atoms with Crippen LogP contribution in [-0.4, -0.2) is 37.2 Å². The summed E-state index contributed by atoms with van der Waals surface area (Å²) in [4.78, 5) is 38.0. The Hall–Kier alpha value is -1.85. The van der Waals surface area contributed by atoms with Crippen LogP contribution in [0.25, 0.3) is 0 Å². The van der Waals surface area contributed by atoms with Gasteiger partial charge in [0.25, 0.3) is 0 Å². The zero-order chi connectivity index (χ0) is 45.1. The van der Waals surface area contributed by atoms with Crippen LogP contribution in [0.15, 0.2) is 12.2 Å². The van der Waals surface area contributed by atoms with E-state index in [0.29, 0.717) is 19.3 Å². The number of ether oxygens (including phenoxy) is 3. The van der Waals surface area contributed by atoms with Crippen LogP contribution < -0.4 is 0 Å². The average Bonchev–Trinajstić information content (AvgIpc) is 3.27. The molecule has 0 rings (SSSR count). The number of esters is 3. The maximum absolute atomic E-state index is 12.8. The van der Waals surface area contributed by atoms with E-state index in [1.165, 1.54) is 212 Å². The van der Waals surface area contributed by atoms with E-state index in [-0.39, 0.29) is 31.1 Å². The Bertz CT molecular complexity index is 962. The van der Waals surface area contributed by atoms with Gasteiger partial charge in [0.1, 0.15) is 13.2 Å². The summed E-state index contributed by atoms with van der Waals surface area (Å²) in [6, 6.07) is 0. The van der Waals surface area contributed by atoms with Crippen LogP contribution in [0.2, 0.25) is 0 Å². The summed E-state index contributed by atoms with van der Waals surface area (Å²) in [7, 11) is 0. The van der Waals surface area contributed by atoms with Gasteiger partial charge in [-0.1, -0.05) is 258 Å². The fourth-order valence-corrected chi connectivity index (χ4v) is 8.32. The number of hydrogen-bond acceptors (Lipinski definition) is 6. The third-order valence-corrected chi connectivity index (χ3v) is 12.5. The monoisotopic (exact) mass is 875 g/mol. The summed E-state index contributed by atoms with van der Waals surface area (Å²) in [5.41, 5.74) is 0. The van der Waals surface area contributed by atoms with Gasteiger partial charge in [-0.25, -0.2) is 0 Å². The van der Waals surface area contributed by atoms with Gasteiger partial charge in [0.15, 0.2) is 6.10 Å². The van der Waals surface area contributed by atoms with Gasteiger partial charge in [-0.05, 0) is 44.9 Å². The molecule has 0 saturated carbocycles. The van der Waals surface area contributed by atoms with Crippen molar-refractivity contribution in [2.75, 3.05) is 13.2 Å². The van der Waals surface area contributed by atoms with Gasteiger partial charge in [-0.15, -0.1) is 0 Å². The van der Waals surface area contributed by atoms with Crippen molar-refractivity contribution in [2.45, 2.75) is 316 Å². The molecule has 0 aromatic carbocycles. The fraction of sp³-hybridized carbons (Fsp3) is 0.911. The molecule has 0 fully saturated rings. The number of unbranched alkanes of at least 4 members (excludes halogenated alkanes) is 38. The van der Waals surface area contributed by atoms with Crippen molar-refractivity contribution in [3.8, 4) is 0 Å². The molecule has 0 aliphatic heterocycles. The molecule has 0 aromatic rings. The van der Waals surface area contributed by atoms with E-state index < -0.39 is 6.10 Å². The van der Waals surface area contributed by atoms with Gasteiger partial charge >= 0.3 is 17.9 Å². The zero-order valence-corrected chi connectivity index (χ0v) is 41.9. The molecule has 0 N–H and O–H groups in total. The molecular formula is C56H106O6. The molecule has 1 atom stereocenters. The largest absolute Gasteiger partial charge is 0.462 e. The van der Waals surface area contributed by atoms with Crippen molar-refractivity contribution in [3.05, 3.63) is 12.2 Å². The number of hydrogen-bond donors (Lipinski definition) is 0. The molecule has 0 aromatic heterocycles. The van der Waals surface area contributed by atoms with Crippen LogP contribution in [0.5, 0.6) is 0 Å². The predicted molar refractivity (Wildman–Crippen MR) is 266 cm³/mol. The first-order valence-corrected chi connectivity index (χ1v) is 27.7. The fourth-order valence-electron chi connectivity index (χ4n) is 8.32. The summed E-state index contributed by atoms with van der Waals surface area (Å²) in [5, 5.41) is 0. The average molecular weight is 875 g/mol. The minimum Gasteiger partial charge on any atom is -0.462 e. The maximum Gasteiger partial charge on any atom is 0.306 e. The van der Waals surface area contributed by atoms with Crippen LogP contribution in [0.4, 0.5) is 0 Å². The highest BCUT2D eigenvalue weighted by molar-refractivity contribution is 5.71. The molecule has 0 spiro atoms. The third-order valence-electron chi connectivity index (χ3n) is 12.5. The molecule has 0 aliphatic carbocycles. The van der Waals surface area contributed by atoms with E-state index in [2.05, 4.69) is 32.9 Å². The Balaban J connectivity index is 4.21. The van der Waals surface area contributed by atoms with Gasteiger partial charge < -0.3 is 14.2 Å². The standard InChI is InChI=1S/C56H106O6/c1-4-7-10-13-16-19-22-24-25-26-27-28-29-30-31-32-35-37-40-43-46-49-55(58)61-52-53(62-56(59)50-47-44-41-38-33-21-18-15-12-9-6-3)51-60-54(57)48-45-42-39-36-34-23-20-17-14-11-8-5-2/h24-25,53H,4-23,26-52H2,1-3H3/b25-24-/t53-/m0/s1. The second-order valence-electron chi connectivity index (χ2n) is 18.9. The molecule has 0 heterocycles. The van der Waals surface area contributed by atoms with Crippen molar-refractivity contribution in [2.24, 2.45) is 0 Å². The van der Waals surface area contributed by atoms with Crippen molar-refractivity contribution in [1.82, 2.24) is 0 Å². The molecule has 6 nitrogen and oxygen atoms in total. The normalized spacial score (nSPS) is 12.0. The number of carbonyl (C=O) groups excluding carboxylic acids is 3. The molecule has 62 heavy (non-hydrogen) atoms. The van der Waals surface area contributed by atoms with Gasteiger partial charge in [0.05, 0.1) is 0 Å². The van der Waals surface area contributed by atoms with E-state index in [0.717, 1.165) is 57.8 Å². The van der Waals surface area contributed by atoms with E-state index in [4.69, 9.17) is 14.2 Å². The molecule has 6 heteroatoms. The van der Waals surface area contributed by atoms with Crippen LogP contribution in [-0.2, 0) is 28.6 Å². The minimum atomic E-state index is -0.762. The van der Waals surface area contributed by atoms with Gasteiger partial charge in [-0.3, -0.25) is 14.4 Å². The third kappa shape index (κ3) is 49.2. The smallest absolute Gasteiger partial charge is 0.306 e. The minimum absolute atomic E-state index is 0.0644. The molecule has 0 radical (unpaired) electrons.